The summed E-state index contributed by atoms with van der Waals surface area (Å²) < 4.78 is 3.42. The molecule has 4 rings (SSSR count). The lowest BCUT2D eigenvalue weighted by atomic mass is 10.2. The summed E-state index contributed by atoms with van der Waals surface area (Å²) in [6, 6.07) is 10.4. The minimum atomic E-state index is -0.420. The van der Waals surface area contributed by atoms with Crippen LogP contribution in [0.5, 0.6) is 0 Å². The lowest BCUT2D eigenvalue weighted by Crippen LogP contribution is -2.22. The van der Waals surface area contributed by atoms with Crippen LogP contribution in [-0.2, 0) is 6.54 Å². The molecule has 8 nitrogen and oxygen atoms in total. The van der Waals surface area contributed by atoms with Gasteiger partial charge in [-0.25, -0.2) is 15.4 Å². The molecule has 3 heterocycles. The molecule has 0 radical (unpaired) electrons. The molecule has 146 valence electrons. The van der Waals surface area contributed by atoms with Crippen molar-refractivity contribution < 1.29 is 4.79 Å². The van der Waals surface area contributed by atoms with Gasteiger partial charge in [0, 0.05) is 18.3 Å². The van der Waals surface area contributed by atoms with Crippen LogP contribution in [0.2, 0.25) is 5.15 Å². The summed E-state index contributed by atoms with van der Waals surface area (Å²) in [5.41, 5.74) is 4.67. The van der Waals surface area contributed by atoms with E-state index in [4.69, 9.17) is 11.6 Å². The Morgan fingerprint density at radius 2 is 2.10 bits per heavy atom. The average molecular weight is 409 g/mol. The highest BCUT2D eigenvalue weighted by atomic mass is 35.5. The number of carbonyl (C=O) groups excluding carboxylic acids is 1. The third kappa shape index (κ3) is 3.38. The topological polar surface area (TPSA) is 93.7 Å². The van der Waals surface area contributed by atoms with Gasteiger partial charge < -0.3 is 4.57 Å². The second-order valence-corrected chi connectivity index (χ2v) is 6.71. The largest absolute Gasteiger partial charge is 0.329 e. The fourth-order valence-corrected chi connectivity index (χ4v) is 3.41. The first-order valence-electron chi connectivity index (χ1n) is 8.96. The van der Waals surface area contributed by atoms with E-state index in [-0.39, 0.29) is 16.3 Å². The van der Waals surface area contributed by atoms with Crippen LogP contribution >= 0.6 is 11.6 Å². The lowest BCUT2D eigenvalue weighted by Gasteiger charge is -2.04. The Balaban J connectivity index is 1.58. The second-order valence-electron chi connectivity index (χ2n) is 6.36. The highest BCUT2D eigenvalue weighted by molar-refractivity contribution is 6.32. The third-order valence-electron chi connectivity index (χ3n) is 4.60. The van der Waals surface area contributed by atoms with Crippen molar-refractivity contribution >= 4 is 40.4 Å². The average Bonchev–Trinajstić information content (AvgIpc) is 3.04. The van der Waals surface area contributed by atoms with E-state index >= 15 is 0 Å². The number of aromatic nitrogens is 4. The normalized spacial score (nSPS) is 11.6. The van der Waals surface area contributed by atoms with Crippen molar-refractivity contribution in [2.45, 2.75) is 20.4 Å². The van der Waals surface area contributed by atoms with Crippen molar-refractivity contribution in [2.75, 3.05) is 0 Å². The molecule has 4 aromatic rings. The number of carbonyl (C=O) groups is 1. The van der Waals surface area contributed by atoms with Crippen molar-refractivity contribution in [1.29, 1.82) is 0 Å². The summed E-state index contributed by atoms with van der Waals surface area (Å²) in [7, 11) is 0. The fraction of sp³-hybridized carbons (Fsp3) is 0.150. The maximum atomic E-state index is 12.5. The lowest BCUT2D eigenvalue weighted by molar-refractivity contribution is 0.0955. The number of amides is 1. The number of nitrogens with zero attached hydrogens (tertiary/aromatic N) is 5. The number of halogens is 1. The first kappa shape index (κ1) is 18.8. The molecule has 0 aliphatic carbocycles. The van der Waals surface area contributed by atoms with E-state index in [1.54, 1.807) is 36.5 Å². The summed E-state index contributed by atoms with van der Waals surface area (Å²) in [6.45, 7) is 4.76. The smallest absolute Gasteiger partial charge is 0.271 e. The summed E-state index contributed by atoms with van der Waals surface area (Å²) >= 11 is 6.10. The van der Waals surface area contributed by atoms with Crippen LogP contribution in [-0.4, -0.2) is 31.1 Å². The van der Waals surface area contributed by atoms with Crippen LogP contribution in [0.25, 0.3) is 16.7 Å². The standard InChI is InChI=1S/C20H17ClN6O2/c1-3-26-12(2)23-15-10-13(7-8-16(15)26)19(28)25-22-11-14-18(21)24-17-6-4-5-9-27(17)20(14)29/h4-11H,3H2,1-2H3,(H,25,28). The molecule has 0 bridgehead atoms. The molecule has 0 unspecified atom stereocenters. The molecule has 0 saturated heterocycles. The van der Waals surface area contributed by atoms with E-state index in [1.807, 2.05) is 19.9 Å². The molecule has 3 aromatic heterocycles. The molecule has 1 aromatic carbocycles. The number of hydrogen-bond donors (Lipinski definition) is 1. The second kappa shape index (κ2) is 7.48. The SMILES string of the molecule is CCn1c(C)nc2cc(C(=O)NN=Cc3c(Cl)nc4ccccn4c3=O)ccc21. The number of imidazole rings is 1. The minimum Gasteiger partial charge on any atom is -0.329 e. The molecule has 0 aliphatic heterocycles. The molecule has 1 amide bonds. The molecule has 0 atom stereocenters. The van der Waals surface area contributed by atoms with Gasteiger partial charge in [0.05, 0.1) is 22.8 Å². The van der Waals surface area contributed by atoms with Gasteiger partial charge in [-0.2, -0.15) is 5.10 Å². The van der Waals surface area contributed by atoms with E-state index in [2.05, 4.69) is 25.1 Å². The van der Waals surface area contributed by atoms with E-state index in [0.29, 0.717) is 11.2 Å². The maximum absolute atomic E-state index is 12.5. The van der Waals surface area contributed by atoms with E-state index in [9.17, 15) is 9.59 Å². The van der Waals surface area contributed by atoms with Gasteiger partial charge in [-0.05, 0) is 44.2 Å². The minimum absolute atomic E-state index is 0.0150. The molecule has 0 fully saturated rings. The van der Waals surface area contributed by atoms with Crippen LogP contribution in [0.3, 0.4) is 0 Å². The van der Waals surface area contributed by atoms with E-state index in [0.717, 1.165) is 23.4 Å². The van der Waals surface area contributed by atoms with Crippen LogP contribution in [0.15, 0.2) is 52.5 Å². The highest BCUT2D eigenvalue weighted by Crippen LogP contribution is 2.17. The Hall–Kier alpha value is -3.52. The predicted molar refractivity (Wildman–Crippen MR) is 112 cm³/mol. The number of pyridine rings is 1. The molecule has 9 heteroatoms. The molecule has 0 aliphatic rings. The van der Waals surface area contributed by atoms with Crippen LogP contribution in [0.4, 0.5) is 0 Å². The van der Waals surface area contributed by atoms with E-state index < -0.39 is 5.91 Å². The van der Waals surface area contributed by atoms with Gasteiger partial charge in [0.1, 0.15) is 16.6 Å². The summed E-state index contributed by atoms with van der Waals surface area (Å²) in [5.74, 6) is 0.467. The number of benzene rings is 1. The maximum Gasteiger partial charge on any atom is 0.271 e. The van der Waals surface area contributed by atoms with Crippen molar-refractivity contribution in [3.63, 3.8) is 0 Å². The third-order valence-corrected chi connectivity index (χ3v) is 4.89. The Morgan fingerprint density at radius 3 is 2.90 bits per heavy atom. The molecule has 29 heavy (non-hydrogen) atoms. The quantitative estimate of drug-likeness (QED) is 0.319. The zero-order valence-electron chi connectivity index (χ0n) is 15.8. The zero-order chi connectivity index (χ0) is 20.5. The predicted octanol–water partition coefficient (Wildman–Crippen LogP) is 2.79. The van der Waals surface area contributed by atoms with Crippen LogP contribution in [0, 0.1) is 6.92 Å². The number of fused-ring (bicyclic) bond motifs is 2. The van der Waals surface area contributed by atoms with Gasteiger partial charge in [-0.3, -0.25) is 14.0 Å². The number of hydrazone groups is 1. The molecular weight excluding hydrogens is 392 g/mol. The summed E-state index contributed by atoms with van der Waals surface area (Å²) in [6.07, 6.45) is 2.78. The van der Waals surface area contributed by atoms with Crippen molar-refractivity contribution in [3.05, 3.63) is 75.1 Å². The summed E-state index contributed by atoms with van der Waals surface area (Å²) in [4.78, 5) is 33.6. The monoisotopic (exact) mass is 408 g/mol. The van der Waals surface area contributed by atoms with Gasteiger partial charge in [0.2, 0.25) is 0 Å². The first-order valence-corrected chi connectivity index (χ1v) is 9.34. The van der Waals surface area contributed by atoms with Gasteiger partial charge in [-0.15, -0.1) is 0 Å². The van der Waals surface area contributed by atoms with Crippen LogP contribution in [0.1, 0.15) is 28.7 Å². The van der Waals surface area contributed by atoms with E-state index in [1.165, 1.54) is 10.6 Å². The van der Waals surface area contributed by atoms with Crippen molar-refractivity contribution in [3.8, 4) is 0 Å². The van der Waals surface area contributed by atoms with Gasteiger partial charge in [0.15, 0.2) is 0 Å². The Labute approximate surface area is 170 Å². The Morgan fingerprint density at radius 1 is 1.28 bits per heavy atom. The summed E-state index contributed by atoms with van der Waals surface area (Å²) in [5, 5.41) is 3.89. The first-order chi connectivity index (χ1) is 14.0. The van der Waals surface area contributed by atoms with Gasteiger partial charge in [-0.1, -0.05) is 17.7 Å². The molecule has 0 spiro atoms. The number of aryl methyl sites for hydroxylation is 2. The van der Waals surface area contributed by atoms with Crippen LogP contribution < -0.4 is 11.0 Å². The Bertz CT molecular complexity index is 1340. The zero-order valence-corrected chi connectivity index (χ0v) is 16.5. The molecule has 1 N–H and O–H groups in total. The molecule has 0 saturated carbocycles. The number of nitrogens with one attached hydrogen (secondary N) is 1. The Kier molecular flexibility index (Phi) is 4.85. The molecular formula is C20H17ClN6O2. The van der Waals surface area contributed by atoms with Crippen molar-refractivity contribution in [2.24, 2.45) is 5.10 Å². The van der Waals surface area contributed by atoms with Gasteiger partial charge in [0.25, 0.3) is 11.5 Å². The van der Waals surface area contributed by atoms with Crippen molar-refractivity contribution in [1.82, 2.24) is 24.4 Å². The van der Waals surface area contributed by atoms with Gasteiger partial charge >= 0.3 is 0 Å². The number of hydrogen-bond acceptors (Lipinski definition) is 5. The number of rotatable bonds is 4. The highest BCUT2D eigenvalue weighted by Gasteiger charge is 2.12. The fourth-order valence-electron chi connectivity index (χ4n) is 3.19.